The van der Waals surface area contributed by atoms with E-state index < -0.39 is 0 Å². The van der Waals surface area contributed by atoms with Gasteiger partial charge in [-0.2, -0.15) is 0 Å². The Morgan fingerprint density at radius 1 is 0.714 bits per heavy atom. The Balaban J connectivity index is 0.00000106. The molecule has 0 aliphatic rings. The van der Waals surface area contributed by atoms with Gasteiger partial charge in [0.15, 0.2) is 0 Å². The molecule has 0 amide bonds. The highest BCUT2D eigenvalue weighted by Gasteiger charge is 1.96. The van der Waals surface area contributed by atoms with Crippen molar-refractivity contribution in [2.24, 2.45) is 0 Å². The largest absolute Gasteiger partial charge is 0.0843 e. The van der Waals surface area contributed by atoms with E-state index in [0.717, 1.165) is 5.02 Å². The van der Waals surface area contributed by atoms with Gasteiger partial charge in [-0.15, -0.1) is 0 Å². The summed E-state index contributed by atoms with van der Waals surface area (Å²) in [7, 11) is 0. The van der Waals surface area contributed by atoms with Gasteiger partial charge in [-0.05, 0) is 48.3 Å². The van der Waals surface area contributed by atoms with E-state index in [2.05, 4.69) is 50.3 Å². The third-order valence-electron chi connectivity index (χ3n) is 3.11. The van der Waals surface area contributed by atoms with Crippen LogP contribution in [0.5, 0.6) is 0 Å². The molecule has 110 valence electrons. The Kier molecular flexibility index (Phi) is 7.56. The average Bonchev–Trinajstić information content (AvgIpc) is 2.55. The van der Waals surface area contributed by atoms with Crippen LogP contribution < -0.4 is 0 Å². The number of rotatable bonds is 3. The lowest BCUT2D eigenvalue weighted by Gasteiger charge is -2.02. The summed E-state index contributed by atoms with van der Waals surface area (Å²) in [4.78, 5) is 0. The minimum Gasteiger partial charge on any atom is -0.0843 e. The molecule has 0 saturated carbocycles. The smallest absolute Gasteiger partial charge is 0.0406 e. The van der Waals surface area contributed by atoms with Gasteiger partial charge in [0, 0.05) is 5.02 Å². The summed E-state index contributed by atoms with van der Waals surface area (Å²) >= 11 is 5.89. The van der Waals surface area contributed by atoms with Crippen LogP contribution in [0.4, 0.5) is 0 Å². The third-order valence-corrected chi connectivity index (χ3v) is 3.36. The van der Waals surface area contributed by atoms with Crippen LogP contribution in [0, 0.1) is 0 Å². The van der Waals surface area contributed by atoms with Crippen LogP contribution in [0.15, 0.2) is 66.7 Å². The van der Waals surface area contributed by atoms with Crippen molar-refractivity contribution in [3.8, 4) is 0 Å². The fraction of sp³-hybridized carbons (Fsp3) is 0.200. The summed E-state index contributed by atoms with van der Waals surface area (Å²) in [6.07, 6.45) is 4.30. The Morgan fingerprint density at radius 2 is 1.14 bits per heavy atom. The van der Waals surface area contributed by atoms with Crippen molar-refractivity contribution in [3.63, 3.8) is 0 Å². The maximum Gasteiger partial charge on any atom is 0.0406 e. The third kappa shape index (κ3) is 5.61. The summed E-state index contributed by atoms with van der Waals surface area (Å²) in [6.45, 7) is 8.24. The van der Waals surface area contributed by atoms with Gasteiger partial charge in [-0.1, -0.05) is 80.1 Å². The minimum atomic E-state index is 0.771. The molecule has 1 heteroatoms. The van der Waals surface area contributed by atoms with Gasteiger partial charge in [0.05, 0.1) is 0 Å². The van der Waals surface area contributed by atoms with Crippen molar-refractivity contribution in [1.82, 2.24) is 0 Å². The lowest BCUT2D eigenvalue weighted by molar-refractivity contribution is 1.50. The van der Waals surface area contributed by atoms with Crippen LogP contribution in [0.3, 0.4) is 0 Å². The van der Waals surface area contributed by atoms with Crippen LogP contribution in [0.25, 0.3) is 11.1 Å². The predicted octanol–water partition coefficient (Wildman–Crippen LogP) is 6.87. The van der Waals surface area contributed by atoms with Gasteiger partial charge in [-0.25, -0.2) is 0 Å². The summed E-state index contributed by atoms with van der Waals surface area (Å²) < 4.78 is 0. The molecular weight excluding hydrogens is 276 g/mol. The molecule has 0 heterocycles. The number of halogens is 1. The molecule has 0 aliphatic heterocycles. The first-order valence-corrected chi connectivity index (χ1v) is 7.71. The van der Waals surface area contributed by atoms with Gasteiger partial charge in [0.1, 0.15) is 0 Å². The topological polar surface area (TPSA) is 0 Å². The lowest BCUT2D eigenvalue weighted by atomic mass is 10.0. The Bertz CT molecular complexity index is 589. The molecule has 0 N–H and O–H groups in total. The first-order chi connectivity index (χ1) is 10.2. The van der Waals surface area contributed by atoms with E-state index in [-0.39, 0.29) is 0 Å². The van der Waals surface area contributed by atoms with Crippen LogP contribution in [-0.2, 0) is 0 Å². The van der Waals surface area contributed by atoms with Crippen LogP contribution in [-0.4, -0.2) is 0 Å². The molecule has 0 saturated heterocycles. The zero-order valence-electron chi connectivity index (χ0n) is 13.2. The van der Waals surface area contributed by atoms with E-state index >= 15 is 0 Å². The van der Waals surface area contributed by atoms with Crippen molar-refractivity contribution in [1.29, 1.82) is 0 Å². The van der Waals surface area contributed by atoms with Crippen LogP contribution in [0.1, 0.15) is 38.8 Å². The Morgan fingerprint density at radius 3 is 1.62 bits per heavy atom. The number of benzene rings is 2. The zero-order chi connectivity index (χ0) is 15.7. The highest BCUT2D eigenvalue weighted by atomic mass is 35.5. The van der Waals surface area contributed by atoms with Gasteiger partial charge in [0.2, 0.25) is 0 Å². The van der Waals surface area contributed by atoms with Gasteiger partial charge in [0.25, 0.3) is 0 Å². The molecule has 0 bridgehead atoms. The molecule has 0 atom stereocenters. The summed E-state index contributed by atoms with van der Waals surface area (Å²) in [5, 5.41) is 0.771. The lowest BCUT2D eigenvalue weighted by Crippen LogP contribution is -1.80. The molecule has 0 nitrogen and oxygen atoms in total. The normalized spacial score (nSPS) is 11.7. The maximum atomic E-state index is 5.89. The van der Waals surface area contributed by atoms with E-state index in [1.165, 1.54) is 22.3 Å². The molecular formula is C20H23Cl. The zero-order valence-corrected chi connectivity index (χ0v) is 14.0. The average molecular weight is 299 g/mol. The number of allylic oxidation sites excluding steroid dienone is 4. The molecule has 0 radical (unpaired) electrons. The minimum absolute atomic E-state index is 0.771. The van der Waals surface area contributed by atoms with Crippen molar-refractivity contribution in [2.75, 3.05) is 0 Å². The van der Waals surface area contributed by atoms with Crippen molar-refractivity contribution >= 4 is 22.7 Å². The predicted molar refractivity (Wildman–Crippen MR) is 96.5 cm³/mol. The molecule has 0 spiro atoms. The summed E-state index contributed by atoms with van der Waals surface area (Å²) in [6, 6.07) is 18.3. The first-order valence-electron chi connectivity index (χ1n) is 7.33. The highest BCUT2D eigenvalue weighted by molar-refractivity contribution is 6.30. The second-order valence-electron chi connectivity index (χ2n) is 4.57. The molecule has 2 aromatic carbocycles. The highest BCUT2D eigenvalue weighted by Crippen LogP contribution is 2.19. The first kappa shape index (κ1) is 17.3. The van der Waals surface area contributed by atoms with E-state index in [0.29, 0.717) is 0 Å². The van der Waals surface area contributed by atoms with Crippen molar-refractivity contribution in [2.45, 2.75) is 27.7 Å². The Labute approximate surface area is 133 Å². The quantitative estimate of drug-likeness (QED) is 0.542. The van der Waals surface area contributed by atoms with Crippen LogP contribution in [0.2, 0.25) is 5.02 Å². The molecule has 0 fully saturated rings. The fourth-order valence-electron chi connectivity index (χ4n) is 1.86. The van der Waals surface area contributed by atoms with E-state index in [4.69, 9.17) is 11.6 Å². The van der Waals surface area contributed by atoms with E-state index in [1.54, 1.807) is 0 Å². The number of hydrogen-bond acceptors (Lipinski definition) is 0. The van der Waals surface area contributed by atoms with Gasteiger partial charge >= 0.3 is 0 Å². The molecule has 0 aliphatic carbocycles. The van der Waals surface area contributed by atoms with Crippen LogP contribution >= 0.6 is 11.6 Å². The van der Waals surface area contributed by atoms with E-state index in [9.17, 15) is 0 Å². The Hall–Kier alpha value is -1.79. The summed E-state index contributed by atoms with van der Waals surface area (Å²) in [5.41, 5.74) is 4.94. The molecule has 0 unspecified atom stereocenters. The monoisotopic (exact) mass is 298 g/mol. The van der Waals surface area contributed by atoms with E-state index in [1.807, 2.05) is 44.2 Å². The van der Waals surface area contributed by atoms with Gasteiger partial charge in [-0.3, -0.25) is 0 Å². The molecule has 21 heavy (non-hydrogen) atoms. The number of hydrogen-bond donors (Lipinski definition) is 0. The second kappa shape index (κ2) is 9.20. The molecule has 2 aromatic rings. The van der Waals surface area contributed by atoms with Gasteiger partial charge < -0.3 is 0 Å². The van der Waals surface area contributed by atoms with Crippen molar-refractivity contribution < 1.29 is 0 Å². The standard InChI is InChI=1S/C18H17Cl.C2H6/c1-14(16-6-4-3-5-7-16)8-9-15(2)17-10-12-18(19)13-11-17;1-2/h3-13H,1-2H3;1-2H3/b14-8+,15-9+;. The molecule has 2 rings (SSSR count). The summed E-state index contributed by atoms with van der Waals surface area (Å²) in [5.74, 6) is 0. The fourth-order valence-corrected chi connectivity index (χ4v) is 1.98. The molecule has 0 aromatic heterocycles. The second-order valence-corrected chi connectivity index (χ2v) is 5.01. The van der Waals surface area contributed by atoms with Crippen molar-refractivity contribution in [3.05, 3.63) is 82.9 Å². The maximum absolute atomic E-state index is 5.89. The SMILES string of the molecule is C/C(=C\C=C(/C)c1ccc(Cl)cc1)c1ccccc1.CC.